The van der Waals surface area contributed by atoms with Gasteiger partial charge in [0, 0.05) is 13.5 Å². The third-order valence-corrected chi connectivity index (χ3v) is 15.2. The number of rotatable bonds is 20. The lowest BCUT2D eigenvalue weighted by atomic mass is 9.83. The first-order chi connectivity index (χ1) is 42.1. The maximum absolute atomic E-state index is 14.1. The molecule has 0 spiro atoms. The highest BCUT2D eigenvalue weighted by atomic mass is 16.8. The number of fused-ring (bicyclic) bond motifs is 1. The van der Waals surface area contributed by atoms with E-state index >= 15 is 0 Å². The Labute approximate surface area is 500 Å². The van der Waals surface area contributed by atoms with E-state index in [1.807, 2.05) is 0 Å². The van der Waals surface area contributed by atoms with Gasteiger partial charge in [-0.3, -0.25) is 0 Å². The number of aliphatic hydroxyl groups is 6. The summed E-state index contributed by atoms with van der Waals surface area (Å²) < 4.78 is 59.4. The molecule has 5 amide bonds. The number of aliphatic hydroxyl groups excluding tert-OH is 6. The Bertz CT molecular complexity index is 2980. The van der Waals surface area contributed by atoms with Crippen LogP contribution >= 0.6 is 0 Å². The molecule has 17 atom stereocenters. The number of hydrogen-bond donors (Lipinski definition) is 10. The van der Waals surface area contributed by atoms with Crippen molar-refractivity contribution >= 4 is 30.5 Å². The molecule has 466 valence electrons. The van der Waals surface area contributed by atoms with Crippen molar-refractivity contribution in [3.63, 3.8) is 0 Å². The van der Waals surface area contributed by atoms with E-state index in [0.717, 1.165) is 4.90 Å². The molecule has 9 rings (SSSR count). The van der Waals surface area contributed by atoms with Gasteiger partial charge in [0.05, 0.1) is 36.9 Å². The Hall–Kier alpha value is -7.99. The van der Waals surface area contributed by atoms with E-state index in [1.54, 1.807) is 152 Å². The summed E-state index contributed by atoms with van der Waals surface area (Å²) in [5.41, 5.74) is 3.20. The number of amides is 5. The maximum atomic E-state index is 14.1. The molecule has 26 nitrogen and oxygen atoms in total. The molecule has 3 heterocycles. The van der Waals surface area contributed by atoms with Gasteiger partial charge in [0.15, 0.2) is 18.9 Å². The van der Waals surface area contributed by atoms with Gasteiger partial charge in [-0.1, -0.05) is 152 Å². The summed E-state index contributed by atoms with van der Waals surface area (Å²) in [6.07, 6.45) is -26.5. The van der Waals surface area contributed by atoms with Crippen LogP contribution in [0.1, 0.15) is 40.7 Å². The zero-order valence-electron chi connectivity index (χ0n) is 47.2. The van der Waals surface area contributed by atoms with Gasteiger partial charge in [-0.15, -0.1) is 0 Å². The lowest BCUT2D eigenvalue weighted by molar-refractivity contribution is -0.379. The second-order valence-corrected chi connectivity index (χ2v) is 21.2. The van der Waals surface area contributed by atoms with Crippen molar-refractivity contribution in [2.75, 3.05) is 13.7 Å². The van der Waals surface area contributed by atoms with E-state index in [-0.39, 0.29) is 45.9 Å². The summed E-state index contributed by atoms with van der Waals surface area (Å²) in [5.74, 6) is 0. The number of ether oxygens (including phenoxy) is 10. The minimum absolute atomic E-state index is 0.133. The molecule has 0 aromatic heterocycles. The van der Waals surface area contributed by atoms with E-state index in [9.17, 15) is 54.6 Å². The molecule has 5 aromatic carbocycles. The molecule has 0 bridgehead atoms. The van der Waals surface area contributed by atoms with Gasteiger partial charge in [-0.05, 0) is 34.2 Å². The quantitative estimate of drug-likeness (QED) is 0.0501. The van der Waals surface area contributed by atoms with Gasteiger partial charge >= 0.3 is 30.5 Å². The van der Waals surface area contributed by atoms with Gasteiger partial charge in [0.2, 0.25) is 0 Å². The number of likely N-dealkylation sites (N-methyl/N-ethyl adjacent to an activating group) is 1. The Morgan fingerprint density at radius 3 is 1.33 bits per heavy atom. The molecule has 3 saturated heterocycles. The largest absolute Gasteiger partial charge is 0.445 e. The average molecular weight is 1210 g/mol. The van der Waals surface area contributed by atoms with Crippen molar-refractivity contribution in [2.24, 2.45) is 0 Å². The van der Waals surface area contributed by atoms with E-state index in [4.69, 9.17) is 47.4 Å². The molecule has 1 saturated carbocycles. The SMILES string of the molecule is CN(C(=O)OCc1ccccc1)[C@@H]1[C@@H](O[C@H]2O[C@H](CO)[C@@H](NC(=O)OCc3ccccc3)[C@H](O)[C@H]2O)O[C@H]2C[C@@H](NC(=O)OCc3ccccc3)[C@@H](O[C@H]3[C@H](O)[C@@H](O)[C@H](NC(=O)OCc4ccccc4)C[C@@H]3NC(=O)OCc3ccccc3)O[C@@H]2[C@@H]1O. The van der Waals surface area contributed by atoms with Crippen LogP contribution in [0.3, 0.4) is 0 Å². The van der Waals surface area contributed by atoms with Crippen molar-refractivity contribution in [3.8, 4) is 0 Å². The third kappa shape index (κ3) is 17.0. The second-order valence-electron chi connectivity index (χ2n) is 21.2. The highest BCUT2D eigenvalue weighted by molar-refractivity contribution is 5.70. The topological polar surface area (TPSA) is 350 Å². The molecule has 0 unspecified atom stereocenters. The lowest BCUT2D eigenvalue weighted by Crippen LogP contribution is -2.71. The molecule has 3 aliphatic heterocycles. The summed E-state index contributed by atoms with van der Waals surface area (Å²) in [4.78, 5) is 68.7. The summed E-state index contributed by atoms with van der Waals surface area (Å²) in [6, 6.07) is 36.6. The van der Waals surface area contributed by atoms with E-state index in [1.165, 1.54) is 7.05 Å². The first kappa shape index (κ1) is 63.5. The van der Waals surface area contributed by atoms with Crippen LogP contribution in [0.25, 0.3) is 0 Å². The fourth-order valence-corrected chi connectivity index (χ4v) is 10.6. The zero-order valence-corrected chi connectivity index (χ0v) is 47.2. The van der Waals surface area contributed by atoms with Crippen LogP contribution in [0.15, 0.2) is 152 Å². The van der Waals surface area contributed by atoms with E-state index in [0.29, 0.717) is 27.8 Å². The van der Waals surface area contributed by atoms with Crippen LogP contribution in [0.4, 0.5) is 24.0 Å². The summed E-state index contributed by atoms with van der Waals surface area (Å²) >= 11 is 0. The van der Waals surface area contributed by atoms with Crippen molar-refractivity contribution in [1.82, 2.24) is 26.2 Å². The molecule has 87 heavy (non-hydrogen) atoms. The van der Waals surface area contributed by atoms with Crippen LogP contribution in [-0.2, 0) is 80.4 Å². The number of nitrogens with zero attached hydrogens (tertiary/aromatic N) is 1. The second kappa shape index (κ2) is 30.6. The molecule has 5 aromatic rings. The van der Waals surface area contributed by atoms with Gasteiger partial charge in [0.1, 0.15) is 87.9 Å². The minimum Gasteiger partial charge on any atom is -0.445 e. The Morgan fingerprint density at radius 1 is 0.448 bits per heavy atom. The predicted octanol–water partition coefficient (Wildman–Crippen LogP) is 2.97. The first-order valence-electron chi connectivity index (χ1n) is 28.2. The number of benzene rings is 5. The molecule has 4 aliphatic rings. The Kier molecular flexibility index (Phi) is 22.3. The van der Waals surface area contributed by atoms with E-state index in [2.05, 4.69) is 21.3 Å². The van der Waals surface area contributed by atoms with Gasteiger partial charge < -0.3 is 104 Å². The number of carbonyl (C=O) groups is 5. The number of alkyl carbamates (subject to hydrolysis) is 4. The number of nitrogens with one attached hydrogen (secondary N) is 4. The number of carbonyl (C=O) groups excluding carboxylic acids is 5. The molecule has 1 aliphatic carbocycles. The monoisotopic (exact) mass is 1210 g/mol. The fraction of sp³-hybridized carbons (Fsp3) is 0.426. The Morgan fingerprint density at radius 2 is 0.874 bits per heavy atom. The van der Waals surface area contributed by atoms with Crippen LogP contribution in [-0.4, -0.2) is 184 Å². The average Bonchev–Trinajstić information content (AvgIpc) is 1.22. The zero-order chi connectivity index (χ0) is 61.4. The van der Waals surface area contributed by atoms with Crippen molar-refractivity contribution < 1.29 is 102 Å². The van der Waals surface area contributed by atoms with Crippen LogP contribution < -0.4 is 21.3 Å². The molecule has 4 fully saturated rings. The van der Waals surface area contributed by atoms with Crippen LogP contribution in [0.5, 0.6) is 0 Å². The highest BCUT2D eigenvalue weighted by Crippen LogP contribution is 2.38. The van der Waals surface area contributed by atoms with Gasteiger partial charge in [-0.2, -0.15) is 0 Å². The molecular weight excluding hydrogens is 1140 g/mol. The van der Waals surface area contributed by atoms with Gasteiger partial charge in [0.25, 0.3) is 0 Å². The summed E-state index contributed by atoms with van der Waals surface area (Å²) in [5, 5.41) is 80.4. The normalized spacial score (nSPS) is 29.3. The molecule has 10 N–H and O–H groups in total. The maximum Gasteiger partial charge on any atom is 0.410 e. The minimum atomic E-state index is -2.00. The summed E-state index contributed by atoms with van der Waals surface area (Å²) in [6.45, 7) is -1.71. The standard InChI is InChI=1S/C61H71N5O21/c1-66(61(77)82-34-39-25-15-6-16-26-39)46-49(70)53-43(83-55(46)87-56-51(72)48(69)45(44(29-67)84-56)65-60(76)81-33-38-23-13-5-14-24-38)28-42(64-59(75)80-32-37-21-11-4-12-22-37)54(86-53)85-52-41(63-58(74)79-31-36-19-9-3-10-20-36)27-40(47(68)50(52)71)62-57(73)78-30-35-17-7-2-8-18-35/h2-26,40-56,67-72H,27-34H2,1H3,(H,62,73)(H,63,74)(H,64,75)(H,65,76)/t40-,41+,42-,43+,44-,45-,46+,47+,48+,49-,50-,51-,52-,53+,54+,55-,56-/m1/s1. The Balaban J connectivity index is 0.979. The van der Waals surface area contributed by atoms with E-state index < -0.39 is 141 Å². The highest BCUT2D eigenvalue weighted by Gasteiger charge is 2.58. The summed E-state index contributed by atoms with van der Waals surface area (Å²) in [7, 11) is 1.25. The van der Waals surface area contributed by atoms with Crippen LogP contribution in [0.2, 0.25) is 0 Å². The van der Waals surface area contributed by atoms with Gasteiger partial charge in [-0.25, -0.2) is 24.0 Å². The smallest absolute Gasteiger partial charge is 0.410 e. The van der Waals surface area contributed by atoms with Crippen molar-refractivity contribution in [3.05, 3.63) is 179 Å². The third-order valence-electron chi connectivity index (χ3n) is 15.2. The molecule has 26 heteroatoms. The lowest BCUT2D eigenvalue weighted by Gasteiger charge is -2.53. The predicted molar refractivity (Wildman–Crippen MR) is 301 cm³/mol. The van der Waals surface area contributed by atoms with Crippen molar-refractivity contribution in [2.45, 2.75) is 150 Å². The molecule has 0 radical (unpaired) electrons. The van der Waals surface area contributed by atoms with Crippen LogP contribution in [0, 0.1) is 0 Å². The fourth-order valence-electron chi connectivity index (χ4n) is 10.6. The number of hydrogen-bond acceptors (Lipinski definition) is 21. The molecular formula is C61H71N5O21. The van der Waals surface area contributed by atoms with Crippen molar-refractivity contribution in [1.29, 1.82) is 0 Å². The first-order valence-corrected chi connectivity index (χ1v) is 28.2.